The number of nitrogens with zero attached hydrogens (tertiary/aromatic N) is 2. The van der Waals surface area contributed by atoms with Crippen molar-refractivity contribution in [2.75, 3.05) is 37.7 Å². The van der Waals surface area contributed by atoms with Gasteiger partial charge in [-0.25, -0.2) is 0 Å². The number of amides is 2. The molecule has 0 radical (unpaired) electrons. The molecular formula is C20H28ClN3O4. The number of piperidine rings is 1. The van der Waals surface area contributed by atoms with Gasteiger partial charge in [0, 0.05) is 37.4 Å². The second-order valence-electron chi connectivity index (χ2n) is 7.68. The number of halogens is 1. The molecule has 0 saturated carbocycles. The van der Waals surface area contributed by atoms with Crippen LogP contribution in [0.25, 0.3) is 0 Å². The molecule has 28 heavy (non-hydrogen) atoms. The largest absolute Gasteiger partial charge is 0.486 e. The van der Waals surface area contributed by atoms with Crippen LogP contribution >= 0.6 is 12.4 Å². The average Bonchev–Trinajstić information content (AvgIpc) is 3.08. The van der Waals surface area contributed by atoms with Crippen molar-refractivity contribution >= 4 is 29.9 Å². The lowest BCUT2D eigenvalue weighted by molar-refractivity contribution is -0.141. The van der Waals surface area contributed by atoms with Gasteiger partial charge in [-0.05, 0) is 44.2 Å². The van der Waals surface area contributed by atoms with Gasteiger partial charge in [0.05, 0.1) is 0 Å². The van der Waals surface area contributed by atoms with E-state index in [1.165, 1.54) is 0 Å². The van der Waals surface area contributed by atoms with Crippen molar-refractivity contribution in [3.63, 3.8) is 0 Å². The van der Waals surface area contributed by atoms with Crippen molar-refractivity contribution in [1.29, 1.82) is 0 Å². The van der Waals surface area contributed by atoms with E-state index in [2.05, 4.69) is 0 Å². The summed E-state index contributed by atoms with van der Waals surface area (Å²) in [6.07, 6.45) is 2.38. The van der Waals surface area contributed by atoms with Gasteiger partial charge in [0.25, 0.3) is 0 Å². The topological polar surface area (TPSA) is 85.1 Å². The quantitative estimate of drug-likeness (QED) is 0.769. The normalized spacial score (nSPS) is 23.4. The maximum absolute atomic E-state index is 12.9. The minimum absolute atomic E-state index is 0. The highest BCUT2D eigenvalue weighted by molar-refractivity contribution is 6.09. The number of hydrogen-bond donors (Lipinski definition) is 1. The predicted octanol–water partition coefficient (Wildman–Crippen LogP) is 1.82. The summed E-state index contributed by atoms with van der Waals surface area (Å²) in [6, 6.07) is 5.66. The third-order valence-electron chi connectivity index (χ3n) is 5.94. The summed E-state index contributed by atoms with van der Waals surface area (Å²) in [6.45, 7) is 4.99. The first-order valence-electron chi connectivity index (χ1n) is 9.80. The molecule has 2 saturated heterocycles. The molecule has 2 amide bonds. The van der Waals surface area contributed by atoms with Crippen molar-refractivity contribution in [2.45, 2.75) is 32.2 Å². The zero-order valence-corrected chi connectivity index (χ0v) is 17.0. The first-order chi connectivity index (χ1) is 13.0. The fourth-order valence-electron chi connectivity index (χ4n) is 4.23. The average molecular weight is 410 g/mol. The number of carbonyl (C=O) groups is 2. The van der Waals surface area contributed by atoms with Crippen LogP contribution in [0.3, 0.4) is 0 Å². The van der Waals surface area contributed by atoms with Crippen molar-refractivity contribution in [2.24, 2.45) is 17.6 Å². The maximum atomic E-state index is 12.9. The summed E-state index contributed by atoms with van der Waals surface area (Å²) < 4.78 is 11.1. The molecule has 154 valence electrons. The highest BCUT2D eigenvalue weighted by Gasteiger charge is 2.40. The molecule has 0 spiro atoms. The summed E-state index contributed by atoms with van der Waals surface area (Å²) in [5, 5.41) is 0. The molecular weight excluding hydrogens is 382 g/mol. The fourth-order valence-corrected chi connectivity index (χ4v) is 4.23. The molecule has 2 fully saturated rings. The molecule has 1 aromatic rings. The Labute approximate surface area is 171 Å². The molecule has 2 atom stereocenters. The standard InChI is InChI=1S/C20H27N3O4.ClH/c1-13(21)14-4-7-22(8-5-14)19(24)16-6-9-23(20(16)25)15-2-3-17-18(12-15)27-11-10-26-17;/h2-3,12-14,16H,4-11,21H2,1H3;1H. The number of ether oxygens (including phenoxy) is 2. The first kappa shape index (κ1) is 20.7. The van der Waals surface area contributed by atoms with Crippen molar-refractivity contribution in [3.05, 3.63) is 18.2 Å². The van der Waals surface area contributed by atoms with Gasteiger partial charge < -0.3 is 25.0 Å². The molecule has 2 N–H and O–H groups in total. The summed E-state index contributed by atoms with van der Waals surface area (Å²) in [4.78, 5) is 29.3. The van der Waals surface area contributed by atoms with E-state index in [9.17, 15) is 9.59 Å². The van der Waals surface area contributed by atoms with Crippen molar-refractivity contribution in [1.82, 2.24) is 4.90 Å². The van der Waals surface area contributed by atoms with E-state index in [0.29, 0.717) is 56.7 Å². The first-order valence-corrected chi connectivity index (χ1v) is 9.80. The maximum Gasteiger partial charge on any atom is 0.239 e. The third-order valence-corrected chi connectivity index (χ3v) is 5.94. The lowest BCUT2D eigenvalue weighted by atomic mass is 9.90. The highest BCUT2D eigenvalue weighted by Crippen LogP contribution is 2.36. The molecule has 3 aliphatic rings. The number of fused-ring (bicyclic) bond motifs is 1. The molecule has 2 unspecified atom stereocenters. The van der Waals surface area contributed by atoms with Crippen LogP contribution in [-0.4, -0.2) is 55.6 Å². The number of likely N-dealkylation sites (tertiary alicyclic amines) is 1. The Kier molecular flexibility index (Phi) is 6.35. The van der Waals surface area contributed by atoms with Gasteiger partial charge in [0.1, 0.15) is 19.1 Å². The molecule has 1 aromatic carbocycles. The smallest absolute Gasteiger partial charge is 0.239 e. The molecule has 4 rings (SSSR count). The Morgan fingerprint density at radius 3 is 2.46 bits per heavy atom. The van der Waals surface area contributed by atoms with Crippen LogP contribution in [0.5, 0.6) is 11.5 Å². The van der Waals surface area contributed by atoms with Crippen LogP contribution in [-0.2, 0) is 9.59 Å². The SMILES string of the molecule is CC(N)C1CCN(C(=O)C2CCN(c3ccc4c(c3)OCCO4)C2=O)CC1.Cl. The zero-order chi connectivity index (χ0) is 19.0. The van der Waals surface area contributed by atoms with Crippen LogP contribution < -0.4 is 20.1 Å². The molecule has 3 heterocycles. The summed E-state index contributed by atoms with van der Waals surface area (Å²) in [5.74, 6) is 1.07. The van der Waals surface area contributed by atoms with E-state index < -0.39 is 5.92 Å². The molecule has 8 heteroatoms. The number of hydrogen-bond acceptors (Lipinski definition) is 5. The minimum Gasteiger partial charge on any atom is -0.486 e. The fraction of sp³-hybridized carbons (Fsp3) is 0.600. The Hall–Kier alpha value is -1.99. The van der Waals surface area contributed by atoms with Crippen molar-refractivity contribution < 1.29 is 19.1 Å². The summed E-state index contributed by atoms with van der Waals surface area (Å²) in [7, 11) is 0. The number of rotatable bonds is 3. The number of nitrogens with two attached hydrogens (primary N) is 1. The van der Waals surface area contributed by atoms with E-state index in [0.717, 1.165) is 18.5 Å². The molecule has 7 nitrogen and oxygen atoms in total. The zero-order valence-electron chi connectivity index (χ0n) is 16.1. The van der Waals surface area contributed by atoms with E-state index >= 15 is 0 Å². The Balaban J connectivity index is 0.00000225. The van der Waals surface area contributed by atoms with Gasteiger partial charge in [0.15, 0.2) is 11.5 Å². The van der Waals surface area contributed by atoms with E-state index in [1.54, 1.807) is 4.90 Å². The Morgan fingerprint density at radius 1 is 1.11 bits per heavy atom. The lowest BCUT2D eigenvalue weighted by Crippen LogP contribution is -2.46. The van der Waals surface area contributed by atoms with Crippen LogP contribution in [0, 0.1) is 11.8 Å². The van der Waals surface area contributed by atoms with Crippen LogP contribution in [0.15, 0.2) is 18.2 Å². The van der Waals surface area contributed by atoms with Gasteiger partial charge in [-0.2, -0.15) is 0 Å². The minimum atomic E-state index is -0.579. The Morgan fingerprint density at radius 2 is 1.79 bits per heavy atom. The monoisotopic (exact) mass is 409 g/mol. The van der Waals surface area contributed by atoms with Gasteiger partial charge in [0.2, 0.25) is 11.8 Å². The number of benzene rings is 1. The van der Waals surface area contributed by atoms with Crippen LogP contribution in [0.2, 0.25) is 0 Å². The van der Waals surface area contributed by atoms with Gasteiger partial charge in [-0.15, -0.1) is 12.4 Å². The lowest BCUT2D eigenvalue weighted by Gasteiger charge is -2.34. The molecule has 0 bridgehead atoms. The Bertz CT molecular complexity index is 734. The van der Waals surface area contributed by atoms with Crippen LogP contribution in [0.4, 0.5) is 5.69 Å². The number of carbonyl (C=O) groups excluding carboxylic acids is 2. The second-order valence-corrected chi connectivity index (χ2v) is 7.68. The molecule has 3 aliphatic heterocycles. The number of anilines is 1. The van der Waals surface area contributed by atoms with Crippen molar-refractivity contribution in [3.8, 4) is 11.5 Å². The van der Waals surface area contributed by atoms with Gasteiger partial charge in [-0.1, -0.05) is 0 Å². The molecule has 0 aromatic heterocycles. The highest BCUT2D eigenvalue weighted by atomic mass is 35.5. The van der Waals surface area contributed by atoms with Gasteiger partial charge >= 0.3 is 0 Å². The second kappa shape index (κ2) is 8.57. The summed E-state index contributed by atoms with van der Waals surface area (Å²) >= 11 is 0. The van der Waals surface area contributed by atoms with Gasteiger partial charge in [-0.3, -0.25) is 9.59 Å². The molecule has 0 aliphatic carbocycles. The third kappa shape index (κ3) is 3.91. The van der Waals surface area contributed by atoms with E-state index in [1.807, 2.05) is 30.0 Å². The summed E-state index contributed by atoms with van der Waals surface area (Å²) in [5.41, 5.74) is 6.74. The van der Waals surface area contributed by atoms with Crippen LogP contribution in [0.1, 0.15) is 26.2 Å². The van der Waals surface area contributed by atoms with E-state index in [-0.39, 0.29) is 30.3 Å². The predicted molar refractivity (Wildman–Crippen MR) is 108 cm³/mol. The van der Waals surface area contributed by atoms with E-state index in [4.69, 9.17) is 15.2 Å².